The van der Waals surface area contributed by atoms with Crippen LogP contribution in [0.25, 0.3) is 0 Å². The Balaban J connectivity index is 0.00000392. The van der Waals surface area contributed by atoms with Gasteiger partial charge in [-0.3, -0.25) is 4.99 Å². The third-order valence-electron chi connectivity index (χ3n) is 4.24. The molecule has 0 aliphatic carbocycles. The number of nitrogens with zero attached hydrogens (tertiary/aromatic N) is 3. The first kappa shape index (κ1) is 24.5. The zero-order valence-electron chi connectivity index (χ0n) is 17.7. The molecule has 1 atom stereocenters. The van der Waals surface area contributed by atoms with E-state index in [9.17, 15) is 4.79 Å². The molecule has 1 fully saturated rings. The van der Waals surface area contributed by atoms with Gasteiger partial charge in [0.05, 0.1) is 12.2 Å². The molecule has 8 nitrogen and oxygen atoms in total. The summed E-state index contributed by atoms with van der Waals surface area (Å²) in [5.74, 6) is 1.77. The zero-order chi connectivity index (χ0) is 20.0. The summed E-state index contributed by atoms with van der Waals surface area (Å²) in [5, 5.41) is 10.7. The van der Waals surface area contributed by atoms with Crippen LogP contribution in [0.1, 0.15) is 64.8 Å². The SMILES string of the molecule is CN=C(NCc1cc(C(C)C)no1)NC1CCCN(C(=O)OC(C)(C)C)C1.I. The lowest BCUT2D eigenvalue weighted by molar-refractivity contribution is 0.0193. The Kier molecular flexibility index (Phi) is 9.52. The quantitative estimate of drug-likeness (QED) is 0.369. The van der Waals surface area contributed by atoms with Crippen molar-refractivity contribution in [3.8, 4) is 0 Å². The van der Waals surface area contributed by atoms with Gasteiger partial charge in [0, 0.05) is 32.2 Å². The summed E-state index contributed by atoms with van der Waals surface area (Å²) in [6.07, 6.45) is 1.63. The molecule has 0 radical (unpaired) electrons. The molecule has 9 heteroatoms. The summed E-state index contributed by atoms with van der Waals surface area (Å²) in [6, 6.07) is 2.08. The van der Waals surface area contributed by atoms with Crippen LogP contribution in [0.2, 0.25) is 0 Å². The normalized spacial score (nSPS) is 17.9. The maximum atomic E-state index is 12.3. The molecule has 0 bridgehead atoms. The molecule has 0 aromatic carbocycles. The number of aromatic nitrogens is 1. The first-order chi connectivity index (χ1) is 12.7. The molecular formula is C19H34IN5O3. The van der Waals surface area contributed by atoms with Crippen molar-refractivity contribution in [2.75, 3.05) is 20.1 Å². The van der Waals surface area contributed by atoms with Crippen molar-refractivity contribution in [1.29, 1.82) is 0 Å². The summed E-state index contributed by atoms with van der Waals surface area (Å²) in [7, 11) is 1.73. The number of hydrogen-bond donors (Lipinski definition) is 2. The molecule has 2 N–H and O–H groups in total. The van der Waals surface area contributed by atoms with E-state index < -0.39 is 5.60 Å². The first-order valence-corrected chi connectivity index (χ1v) is 9.58. The van der Waals surface area contributed by atoms with Crippen molar-refractivity contribution < 1.29 is 14.1 Å². The van der Waals surface area contributed by atoms with Gasteiger partial charge in [-0.25, -0.2) is 4.79 Å². The summed E-state index contributed by atoms with van der Waals surface area (Å²) in [5.41, 5.74) is 0.455. The Labute approximate surface area is 184 Å². The predicted molar refractivity (Wildman–Crippen MR) is 120 cm³/mol. The molecule has 0 spiro atoms. The van der Waals surface area contributed by atoms with Crippen LogP contribution in [-0.4, -0.2) is 53.9 Å². The lowest BCUT2D eigenvalue weighted by Crippen LogP contribution is -2.53. The van der Waals surface area contributed by atoms with E-state index in [0.29, 0.717) is 25.0 Å². The van der Waals surface area contributed by atoms with Crippen LogP contribution in [0.3, 0.4) is 0 Å². The fraction of sp³-hybridized carbons (Fsp3) is 0.737. The lowest BCUT2D eigenvalue weighted by Gasteiger charge is -2.35. The highest BCUT2D eigenvalue weighted by Crippen LogP contribution is 2.16. The van der Waals surface area contributed by atoms with Gasteiger partial charge in [-0.05, 0) is 39.5 Å². The van der Waals surface area contributed by atoms with Gasteiger partial charge < -0.3 is 24.8 Å². The third-order valence-corrected chi connectivity index (χ3v) is 4.24. The number of guanidine groups is 1. The number of amides is 1. The minimum Gasteiger partial charge on any atom is -0.444 e. The highest BCUT2D eigenvalue weighted by molar-refractivity contribution is 14.0. The van der Waals surface area contributed by atoms with E-state index in [1.54, 1.807) is 11.9 Å². The fourth-order valence-corrected chi connectivity index (χ4v) is 2.83. The van der Waals surface area contributed by atoms with Crippen molar-refractivity contribution in [3.05, 3.63) is 17.5 Å². The van der Waals surface area contributed by atoms with Gasteiger partial charge in [0.2, 0.25) is 0 Å². The number of ether oxygens (including phenoxy) is 1. The minimum absolute atomic E-state index is 0. The van der Waals surface area contributed by atoms with Gasteiger partial charge in [0.1, 0.15) is 5.60 Å². The zero-order valence-corrected chi connectivity index (χ0v) is 20.1. The highest BCUT2D eigenvalue weighted by atomic mass is 127. The number of halogens is 1. The van der Waals surface area contributed by atoms with Crippen LogP contribution in [0.4, 0.5) is 4.79 Å². The van der Waals surface area contributed by atoms with E-state index >= 15 is 0 Å². The van der Waals surface area contributed by atoms with Crippen molar-refractivity contribution in [1.82, 2.24) is 20.7 Å². The number of aliphatic imine (C=N–C) groups is 1. The number of piperidine rings is 1. The molecule has 160 valence electrons. The molecule has 2 rings (SSSR count). The van der Waals surface area contributed by atoms with Crippen LogP contribution in [0, 0.1) is 0 Å². The second-order valence-electron chi connectivity index (χ2n) is 8.21. The number of carbonyl (C=O) groups excluding carboxylic acids is 1. The second kappa shape index (κ2) is 10.9. The number of nitrogens with one attached hydrogen (secondary N) is 2. The van der Waals surface area contributed by atoms with Crippen LogP contribution in [-0.2, 0) is 11.3 Å². The van der Waals surface area contributed by atoms with Gasteiger partial charge >= 0.3 is 6.09 Å². The second-order valence-corrected chi connectivity index (χ2v) is 8.21. The Hall–Kier alpha value is -1.52. The molecule has 1 saturated heterocycles. The van der Waals surface area contributed by atoms with Gasteiger partial charge in [-0.15, -0.1) is 24.0 Å². The van der Waals surface area contributed by atoms with E-state index in [1.807, 2.05) is 26.8 Å². The predicted octanol–water partition coefficient (Wildman–Crippen LogP) is 3.48. The highest BCUT2D eigenvalue weighted by Gasteiger charge is 2.28. The fourth-order valence-electron chi connectivity index (χ4n) is 2.83. The Morgan fingerprint density at radius 3 is 2.75 bits per heavy atom. The molecule has 1 aliphatic rings. The van der Waals surface area contributed by atoms with Crippen molar-refractivity contribution >= 4 is 36.0 Å². The first-order valence-electron chi connectivity index (χ1n) is 9.58. The molecule has 1 aromatic heterocycles. The molecular weight excluding hydrogens is 473 g/mol. The Bertz CT molecular complexity index is 654. The Morgan fingerprint density at radius 2 is 2.18 bits per heavy atom. The van der Waals surface area contributed by atoms with Crippen LogP contribution in [0.15, 0.2) is 15.6 Å². The summed E-state index contributed by atoms with van der Waals surface area (Å²) in [4.78, 5) is 18.3. The molecule has 1 unspecified atom stereocenters. The molecule has 1 aromatic rings. The maximum absolute atomic E-state index is 12.3. The van der Waals surface area contributed by atoms with E-state index in [0.717, 1.165) is 30.8 Å². The topological polar surface area (TPSA) is 92.0 Å². The van der Waals surface area contributed by atoms with Gasteiger partial charge in [-0.2, -0.15) is 0 Å². The van der Waals surface area contributed by atoms with E-state index in [2.05, 4.69) is 34.6 Å². The third kappa shape index (κ3) is 7.84. The molecule has 1 aliphatic heterocycles. The molecule has 1 amide bonds. The van der Waals surface area contributed by atoms with Gasteiger partial charge in [0.25, 0.3) is 0 Å². The van der Waals surface area contributed by atoms with Crippen molar-refractivity contribution in [2.24, 2.45) is 4.99 Å². The van der Waals surface area contributed by atoms with Gasteiger partial charge in [-0.1, -0.05) is 19.0 Å². The van der Waals surface area contributed by atoms with E-state index in [-0.39, 0.29) is 36.1 Å². The maximum Gasteiger partial charge on any atom is 0.410 e. The lowest BCUT2D eigenvalue weighted by atomic mass is 10.1. The molecule has 28 heavy (non-hydrogen) atoms. The molecule has 2 heterocycles. The van der Waals surface area contributed by atoms with Crippen molar-refractivity contribution in [2.45, 2.75) is 71.6 Å². The smallest absolute Gasteiger partial charge is 0.410 e. The van der Waals surface area contributed by atoms with Crippen molar-refractivity contribution in [3.63, 3.8) is 0 Å². The molecule has 0 saturated carbocycles. The largest absolute Gasteiger partial charge is 0.444 e. The number of carbonyl (C=O) groups is 1. The average Bonchev–Trinajstić information content (AvgIpc) is 3.06. The minimum atomic E-state index is -0.485. The summed E-state index contributed by atoms with van der Waals surface area (Å²) < 4.78 is 10.8. The number of rotatable bonds is 4. The van der Waals surface area contributed by atoms with Crippen LogP contribution in [0.5, 0.6) is 0 Å². The monoisotopic (exact) mass is 507 g/mol. The van der Waals surface area contributed by atoms with Crippen LogP contribution < -0.4 is 10.6 Å². The van der Waals surface area contributed by atoms with Crippen LogP contribution >= 0.6 is 24.0 Å². The van der Waals surface area contributed by atoms with Gasteiger partial charge in [0.15, 0.2) is 11.7 Å². The number of hydrogen-bond acceptors (Lipinski definition) is 5. The average molecular weight is 507 g/mol. The standard InChI is InChI=1S/C19H33N5O3.HI/c1-13(2)16-10-15(27-23-16)11-21-17(20-6)22-14-8-7-9-24(12-14)18(25)26-19(3,4)5;/h10,13-14H,7-9,11-12H2,1-6H3,(H2,20,21,22);1H. The Morgan fingerprint density at radius 1 is 1.46 bits per heavy atom. The summed E-state index contributed by atoms with van der Waals surface area (Å²) >= 11 is 0. The van der Waals surface area contributed by atoms with E-state index in [1.165, 1.54) is 0 Å². The van der Waals surface area contributed by atoms with E-state index in [4.69, 9.17) is 9.26 Å². The number of likely N-dealkylation sites (tertiary alicyclic amines) is 1. The summed E-state index contributed by atoms with van der Waals surface area (Å²) in [6.45, 7) is 11.6.